The molecular formula is C27H33N4O8S3-. The first-order valence-electron chi connectivity index (χ1n) is 12.7. The van der Waals surface area contributed by atoms with E-state index >= 15 is 0 Å². The van der Waals surface area contributed by atoms with Gasteiger partial charge in [-0.2, -0.15) is 4.28 Å². The predicted octanol–water partition coefficient (Wildman–Crippen LogP) is 3.36. The van der Waals surface area contributed by atoms with E-state index in [2.05, 4.69) is 25.4 Å². The van der Waals surface area contributed by atoms with Gasteiger partial charge in [0.1, 0.15) is 28.2 Å². The number of sulfone groups is 1. The lowest BCUT2D eigenvalue weighted by molar-refractivity contribution is -0.123. The summed E-state index contributed by atoms with van der Waals surface area (Å²) in [7, 11) is -2.28. The smallest absolute Gasteiger partial charge is 0.407 e. The summed E-state index contributed by atoms with van der Waals surface area (Å²) < 4.78 is 55.0. The lowest BCUT2D eigenvalue weighted by atomic mass is 10.0. The zero-order valence-corrected chi connectivity index (χ0v) is 25.9. The molecule has 3 atom stereocenters. The molecule has 0 aliphatic rings. The Kier molecular flexibility index (Phi) is 11.6. The number of thiazole rings is 1. The SMILES string of the molecule is COC(=O)N[C@@H](Cc1ccccc1)C(=O)N[C@@H](Cc1ccc(NOS(=O)[O-])cc1)c1csc(CS(=O)(=O)C(C)(C)C)n1. The van der Waals surface area contributed by atoms with Gasteiger partial charge in [0.25, 0.3) is 0 Å². The average Bonchev–Trinajstić information content (AvgIpc) is 3.39. The molecule has 12 nitrogen and oxygen atoms in total. The molecule has 1 unspecified atom stereocenters. The molecule has 42 heavy (non-hydrogen) atoms. The number of methoxy groups -OCH3 is 1. The lowest BCUT2D eigenvalue weighted by Gasteiger charge is -2.23. The molecule has 2 aromatic carbocycles. The summed E-state index contributed by atoms with van der Waals surface area (Å²) in [5.41, 5.74) is 4.70. The van der Waals surface area contributed by atoms with Gasteiger partial charge in [-0.15, -0.1) is 11.3 Å². The molecule has 2 amide bonds. The van der Waals surface area contributed by atoms with E-state index in [-0.39, 0.29) is 18.6 Å². The number of rotatable bonds is 13. The van der Waals surface area contributed by atoms with Crippen LogP contribution in [0.5, 0.6) is 0 Å². The van der Waals surface area contributed by atoms with Crippen LogP contribution in [0.25, 0.3) is 0 Å². The fourth-order valence-electron chi connectivity index (χ4n) is 3.72. The quantitative estimate of drug-likeness (QED) is 0.186. The number of aromatic nitrogens is 1. The summed E-state index contributed by atoms with van der Waals surface area (Å²) >= 11 is -1.57. The number of carbonyl (C=O) groups is 2. The molecule has 228 valence electrons. The Morgan fingerprint density at radius 1 is 1.02 bits per heavy atom. The van der Waals surface area contributed by atoms with Crippen molar-refractivity contribution in [3.63, 3.8) is 0 Å². The zero-order chi connectivity index (χ0) is 30.9. The van der Waals surface area contributed by atoms with Gasteiger partial charge >= 0.3 is 6.09 Å². The van der Waals surface area contributed by atoms with Gasteiger partial charge in [0, 0.05) is 11.8 Å². The third-order valence-electron chi connectivity index (χ3n) is 6.19. The fraction of sp³-hybridized carbons (Fsp3) is 0.370. The molecule has 3 N–H and O–H groups in total. The number of nitrogens with one attached hydrogen (secondary N) is 3. The maximum absolute atomic E-state index is 13.6. The maximum Gasteiger partial charge on any atom is 0.407 e. The number of amides is 2. The second-order valence-electron chi connectivity index (χ2n) is 10.3. The topological polar surface area (TPSA) is 176 Å². The molecule has 0 saturated heterocycles. The minimum absolute atomic E-state index is 0.197. The maximum atomic E-state index is 13.6. The Balaban J connectivity index is 1.88. The van der Waals surface area contributed by atoms with E-state index < -0.39 is 50.0 Å². The fourth-order valence-corrected chi connectivity index (χ4v) is 6.08. The molecule has 0 spiro atoms. The molecule has 0 fully saturated rings. The summed E-state index contributed by atoms with van der Waals surface area (Å²) in [4.78, 5) is 30.2. The van der Waals surface area contributed by atoms with Gasteiger partial charge in [0.2, 0.25) is 5.91 Å². The molecule has 1 aromatic heterocycles. The summed E-state index contributed by atoms with van der Waals surface area (Å²) in [6.07, 6.45) is -0.316. The first-order valence-corrected chi connectivity index (χ1v) is 16.3. The molecule has 15 heteroatoms. The van der Waals surface area contributed by atoms with E-state index in [9.17, 15) is 26.8 Å². The molecule has 0 aliphatic carbocycles. The van der Waals surface area contributed by atoms with Crippen molar-refractivity contribution in [1.82, 2.24) is 15.6 Å². The second-order valence-corrected chi connectivity index (χ2v) is 14.5. The van der Waals surface area contributed by atoms with Crippen molar-refractivity contribution in [2.45, 2.75) is 56.2 Å². The minimum atomic E-state index is -3.49. The molecule has 3 aromatic rings. The van der Waals surface area contributed by atoms with Gasteiger partial charge in [0.05, 0.1) is 29.3 Å². The van der Waals surface area contributed by atoms with E-state index in [1.807, 2.05) is 30.3 Å². The van der Waals surface area contributed by atoms with Crippen LogP contribution in [-0.4, -0.2) is 52.1 Å². The number of hydrogen-bond acceptors (Lipinski definition) is 11. The standard InChI is InChI=1S/C27H34N4O8S3/c1-27(2,3)42(36,37)17-24-28-23(16-40-24)21(14-19-10-12-20(13-11-19)31-39-41(34)35)29-25(32)22(30-26(33)38-4)15-18-8-6-5-7-9-18/h5-13,16,21-22,31H,14-15,17H2,1-4H3,(H,29,32)(H,30,33)(H,34,35)/p-1/t21-,22-/m0/s1. The van der Waals surface area contributed by atoms with Gasteiger partial charge in [-0.3, -0.25) is 10.3 Å². The van der Waals surface area contributed by atoms with Crippen LogP contribution < -0.4 is 16.1 Å². The van der Waals surface area contributed by atoms with Crippen LogP contribution in [0.15, 0.2) is 60.0 Å². The first kappa shape index (κ1) is 33.1. The Hall–Kier alpha value is -3.37. The highest BCUT2D eigenvalue weighted by Crippen LogP contribution is 2.26. The van der Waals surface area contributed by atoms with Gasteiger partial charge in [-0.05, 0) is 50.5 Å². The molecule has 1 heterocycles. The van der Waals surface area contributed by atoms with Crippen LogP contribution in [0.4, 0.5) is 10.5 Å². The van der Waals surface area contributed by atoms with Crippen LogP contribution in [0.1, 0.15) is 48.6 Å². The summed E-state index contributed by atoms with van der Waals surface area (Å²) in [6.45, 7) is 4.87. The van der Waals surface area contributed by atoms with E-state index in [4.69, 9.17) is 4.74 Å². The Bertz CT molecular complexity index is 1470. The van der Waals surface area contributed by atoms with Crippen LogP contribution >= 0.6 is 11.3 Å². The molecule has 3 rings (SSSR count). The highest BCUT2D eigenvalue weighted by atomic mass is 32.2. The number of nitrogens with zero attached hydrogens (tertiary/aromatic N) is 1. The summed E-state index contributed by atoms with van der Waals surface area (Å²) in [5, 5.41) is 7.62. The Morgan fingerprint density at radius 3 is 2.26 bits per heavy atom. The van der Waals surface area contributed by atoms with E-state index in [1.54, 1.807) is 50.4 Å². The van der Waals surface area contributed by atoms with E-state index in [0.717, 1.165) is 11.1 Å². The summed E-state index contributed by atoms with van der Waals surface area (Å²) in [6, 6.07) is 14.1. The van der Waals surface area contributed by atoms with Crippen molar-refractivity contribution in [2.75, 3.05) is 12.6 Å². The van der Waals surface area contributed by atoms with Gasteiger partial charge in [-0.25, -0.2) is 22.4 Å². The number of benzene rings is 2. The average molecular weight is 638 g/mol. The Labute approximate surface area is 251 Å². The van der Waals surface area contributed by atoms with E-state index in [1.165, 1.54) is 18.4 Å². The van der Waals surface area contributed by atoms with Crippen molar-refractivity contribution in [3.8, 4) is 0 Å². The predicted molar refractivity (Wildman–Crippen MR) is 159 cm³/mol. The summed E-state index contributed by atoms with van der Waals surface area (Å²) in [5.74, 6) is -0.736. The van der Waals surface area contributed by atoms with Crippen molar-refractivity contribution < 1.29 is 35.8 Å². The first-order chi connectivity index (χ1) is 19.8. The van der Waals surface area contributed by atoms with E-state index in [0.29, 0.717) is 16.4 Å². The molecule has 0 bridgehead atoms. The van der Waals surface area contributed by atoms with Crippen molar-refractivity contribution in [2.24, 2.45) is 0 Å². The molecule has 0 saturated carbocycles. The number of alkyl carbamates (subject to hydrolysis) is 1. The minimum Gasteiger partial charge on any atom is -0.748 e. The normalized spacial score (nSPS) is 13.9. The van der Waals surface area contributed by atoms with Crippen LogP contribution in [-0.2, 0) is 53.6 Å². The van der Waals surface area contributed by atoms with Crippen LogP contribution in [0, 0.1) is 0 Å². The van der Waals surface area contributed by atoms with Gasteiger partial charge in [0.15, 0.2) is 9.84 Å². The number of anilines is 1. The number of carbonyl (C=O) groups excluding carboxylic acids is 2. The van der Waals surface area contributed by atoms with Crippen molar-refractivity contribution in [1.29, 1.82) is 0 Å². The number of ether oxygens (including phenoxy) is 1. The van der Waals surface area contributed by atoms with Gasteiger partial charge in [-0.1, -0.05) is 42.5 Å². The zero-order valence-electron chi connectivity index (χ0n) is 23.5. The molecule has 0 radical (unpaired) electrons. The van der Waals surface area contributed by atoms with Crippen molar-refractivity contribution in [3.05, 3.63) is 81.8 Å². The van der Waals surface area contributed by atoms with Crippen molar-refractivity contribution >= 4 is 50.2 Å². The van der Waals surface area contributed by atoms with Gasteiger partial charge < -0.3 is 19.9 Å². The second kappa shape index (κ2) is 14.7. The van der Waals surface area contributed by atoms with Crippen LogP contribution in [0.3, 0.4) is 0 Å². The highest BCUT2D eigenvalue weighted by Gasteiger charge is 2.31. The lowest BCUT2D eigenvalue weighted by Crippen LogP contribution is -2.49. The Morgan fingerprint density at radius 2 is 1.67 bits per heavy atom. The monoisotopic (exact) mass is 637 g/mol. The largest absolute Gasteiger partial charge is 0.748 e. The molecular weight excluding hydrogens is 605 g/mol. The number of hydrogen-bond donors (Lipinski definition) is 3. The third kappa shape index (κ3) is 9.87. The highest BCUT2D eigenvalue weighted by molar-refractivity contribution is 7.92. The third-order valence-corrected chi connectivity index (χ3v) is 9.98. The van der Waals surface area contributed by atoms with Crippen LogP contribution in [0.2, 0.25) is 0 Å². The molecule has 0 aliphatic heterocycles.